The van der Waals surface area contributed by atoms with E-state index in [4.69, 9.17) is 0 Å². The molecule has 1 amide bonds. The molecule has 0 saturated heterocycles. The number of nitrogens with zero attached hydrogens (tertiary/aromatic N) is 4. The van der Waals surface area contributed by atoms with E-state index in [0.717, 1.165) is 16.8 Å². The van der Waals surface area contributed by atoms with Crippen LogP contribution in [0.3, 0.4) is 0 Å². The third-order valence-corrected chi connectivity index (χ3v) is 6.13. The van der Waals surface area contributed by atoms with Gasteiger partial charge in [-0.15, -0.1) is 10.2 Å². The summed E-state index contributed by atoms with van der Waals surface area (Å²) in [5.41, 5.74) is 2.51. The van der Waals surface area contributed by atoms with Gasteiger partial charge in [0.05, 0.1) is 16.2 Å². The number of para-hydroxylation sites is 2. The highest BCUT2D eigenvalue weighted by molar-refractivity contribution is 8.00. The van der Waals surface area contributed by atoms with Crippen molar-refractivity contribution < 1.29 is 4.79 Å². The van der Waals surface area contributed by atoms with Crippen molar-refractivity contribution in [2.75, 3.05) is 5.32 Å². The van der Waals surface area contributed by atoms with Crippen LogP contribution in [0.1, 0.15) is 32.3 Å². The van der Waals surface area contributed by atoms with Crippen LogP contribution in [0.25, 0.3) is 16.7 Å². The van der Waals surface area contributed by atoms with Crippen molar-refractivity contribution >= 4 is 40.0 Å². The largest absolute Gasteiger partial charge is 0.325 e. The summed E-state index contributed by atoms with van der Waals surface area (Å²) in [6.45, 7) is 6.03. The number of amides is 1. The summed E-state index contributed by atoms with van der Waals surface area (Å²) in [6.07, 6.45) is 0. The monoisotopic (exact) mass is 421 g/mol. The van der Waals surface area contributed by atoms with Crippen molar-refractivity contribution in [1.82, 2.24) is 19.2 Å². The fourth-order valence-corrected chi connectivity index (χ4v) is 4.30. The van der Waals surface area contributed by atoms with Crippen molar-refractivity contribution in [3.63, 3.8) is 0 Å². The van der Waals surface area contributed by atoms with Crippen LogP contribution in [0.2, 0.25) is 0 Å². The maximum absolute atomic E-state index is 12.9. The second-order valence-electron chi connectivity index (χ2n) is 7.49. The summed E-state index contributed by atoms with van der Waals surface area (Å²) in [7, 11) is 1.67. The molecule has 4 rings (SSSR count). The molecule has 1 atom stereocenters. The minimum absolute atomic E-state index is 0.112. The lowest BCUT2D eigenvalue weighted by molar-refractivity contribution is -0.115. The van der Waals surface area contributed by atoms with Gasteiger partial charge in [-0.2, -0.15) is 0 Å². The van der Waals surface area contributed by atoms with Gasteiger partial charge in [-0.05, 0) is 36.6 Å². The Morgan fingerprint density at radius 2 is 1.73 bits per heavy atom. The van der Waals surface area contributed by atoms with Crippen molar-refractivity contribution in [2.24, 2.45) is 7.05 Å². The van der Waals surface area contributed by atoms with Crippen molar-refractivity contribution in [2.45, 2.75) is 37.1 Å². The first-order valence-corrected chi connectivity index (χ1v) is 10.7. The maximum atomic E-state index is 12.9. The van der Waals surface area contributed by atoms with Crippen LogP contribution in [0.4, 0.5) is 5.69 Å². The second-order valence-corrected chi connectivity index (χ2v) is 8.80. The zero-order valence-corrected chi connectivity index (χ0v) is 18.1. The van der Waals surface area contributed by atoms with Gasteiger partial charge < -0.3 is 5.32 Å². The molecule has 1 N–H and O–H groups in total. The molecule has 154 valence electrons. The van der Waals surface area contributed by atoms with Gasteiger partial charge in [0.15, 0.2) is 5.16 Å². The van der Waals surface area contributed by atoms with E-state index in [1.54, 1.807) is 13.1 Å². The number of rotatable bonds is 5. The highest BCUT2D eigenvalue weighted by Crippen LogP contribution is 2.28. The lowest BCUT2D eigenvalue weighted by atomic mass is 10.0. The van der Waals surface area contributed by atoms with Gasteiger partial charge in [0.25, 0.3) is 5.56 Å². The van der Waals surface area contributed by atoms with E-state index in [1.807, 2.05) is 53.8 Å². The van der Waals surface area contributed by atoms with E-state index in [0.29, 0.717) is 22.2 Å². The smallest absolute Gasteiger partial charge is 0.262 e. The molecule has 0 saturated carbocycles. The molecule has 7 nitrogen and oxygen atoms in total. The molecule has 0 aliphatic heterocycles. The molecule has 0 spiro atoms. The summed E-state index contributed by atoms with van der Waals surface area (Å²) in [5.74, 6) is 0.635. The maximum Gasteiger partial charge on any atom is 0.262 e. The van der Waals surface area contributed by atoms with Crippen LogP contribution in [-0.2, 0) is 11.8 Å². The molecular formula is C22H23N5O2S. The quantitative estimate of drug-likeness (QED) is 0.496. The third-order valence-electron chi connectivity index (χ3n) is 5.09. The molecule has 30 heavy (non-hydrogen) atoms. The van der Waals surface area contributed by atoms with Gasteiger partial charge in [0, 0.05) is 12.7 Å². The van der Waals surface area contributed by atoms with Crippen LogP contribution in [0, 0.1) is 0 Å². The molecular weight excluding hydrogens is 398 g/mol. The number of carbonyl (C=O) groups is 1. The topological polar surface area (TPSA) is 81.3 Å². The number of hydrogen-bond donors (Lipinski definition) is 1. The summed E-state index contributed by atoms with van der Waals surface area (Å²) in [4.78, 5) is 25.5. The number of nitrogens with one attached hydrogen (secondary N) is 1. The summed E-state index contributed by atoms with van der Waals surface area (Å²) < 4.78 is 3.30. The Balaban J connectivity index is 1.67. The van der Waals surface area contributed by atoms with E-state index < -0.39 is 5.25 Å². The SMILES string of the molecule is CC(Sc1nnc2n(C)c(=O)c3ccccc3n12)C(=O)Nc1ccccc1C(C)C. The summed E-state index contributed by atoms with van der Waals surface area (Å²) in [5, 5.41) is 12.2. The number of thioether (sulfide) groups is 1. The van der Waals surface area contributed by atoms with Crippen molar-refractivity contribution in [3.8, 4) is 0 Å². The Morgan fingerprint density at radius 1 is 1.03 bits per heavy atom. The van der Waals surface area contributed by atoms with Crippen LogP contribution in [-0.4, -0.2) is 30.3 Å². The minimum Gasteiger partial charge on any atom is -0.325 e. The third kappa shape index (κ3) is 3.47. The lowest BCUT2D eigenvalue weighted by Crippen LogP contribution is -2.24. The Labute approximate surface area is 178 Å². The number of hydrogen-bond acceptors (Lipinski definition) is 5. The number of carbonyl (C=O) groups excluding carboxylic acids is 1. The molecule has 4 aromatic rings. The van der Waals surface area contributed by atoms with E-state index in [-0.39, 0.29) is 11.5 Å². The molecule has 1 unspecified atom stereocenters. The molecule has 0 radical (unpaired) electrons. The predicted octanol–water partition coefficient (Wildman–Crippen LogP) is 3.82. The number of fused-ring (bicyclic) bond motifs is 3. The van der Waals surface area contributed by atoms with Crippen LogP contribution < -0.4 is 10.9 Å². The second kappa shape index (κ2) is 7.95. The van der Waals surface area contributed by atoms with Gasteiger partial charge >= 0.3 is 0 Å². The van der Waals surface area contributed by atoms with Crippen molar-refractivity contribution in [1.29, 1.82) is 0 Å². The van der Waals surface area contributed by atoms with Gasteiger partial charge in [-0.1, -0.05) is 55.9 Å². The Bertz CT molecular complexity index is 1310. The molecule has 0 aliphatic carbocycles. The van der Waals surface area contributed by atoms with E-state index >= 15 is 0 Å². The summed E-state index contributed by atoms with van der Waals surface area (Å²) in [6, 6.07) is 15.2. The Hall–Kier alpha value is -3.13. The van der Waals surface area contributed by atoms with Crippen LogP contribution >= 0.6 is 11.8 Å². The van der Waals surface area contributed by atoms with Gasteiger partial charge in [-0.25, -0.2) is 0 Å². The number of anilines is 1. The molecule has 0 fully saturated rings. The lowest BCUT2D eigenvalue weighted by Gasteiger charge is -2.16. The van der Waals surface area contributed by atoms with Crippen LogP contribution in [0.15, 0.2) is 58.5 Å². The summed E-state index contributed by atoms with van der Waals surface area (Å²) >= 11 is 1.31. The Kier molecular flexibility index (Phi) is 5.34. The minimum atomic E-state index is -0.409. The fourth-order valence-electron chi connectivity index (χ4n) is 3.45. The highest BCUT2D eigenvalue weighted by atomic mass is 32.2. The molecule has 8 heteroatoms. The average molecular weight is 422 g/mol. The van der Waals surface area contributed by atoms with E-state index in [2.05, 4.69) is 29.4 Å². The number of aromatic nitrogens is 4. The first kappa shape index (κ1) is 20.2. The average Bonchev–Trinajstić information content (AvgIpc) is 3.16. The van der Waals surface area contributed by atoms with E-state index in [1.165, 1.54) is 16.3 Å². The first-order chi connectivity index (χ1) is 14.4. The standard InChI is InChI=1S/C22H23N5O2S/c1-13(2)15-9-5-7-11-17(15)23-19(28)14(3)30-22-25-24-21-26(4)20(29)16-10-6-8-12-18(16)27(21)22/h5-14H,1-4H3,(H,23,28). The zero-order chi connectivity index (χ0) is 21.4. The normalized spacial score (nSPS) is 12.6. The molecule has 0 bridgehead atoms. The van der Waals surface area contributed by atoms with E-state index in [9.17, 15) is 9.59 Å². The number of aryl methyl sites for hydroxylation is 1. The number of benzene rings is 2. The Morgan fingerprint density at radius 3 is 2.50 bits per heavy atom. The predicted molar refractivity (Wildman–Crippen MR) is 120 cm³/mol. The molecule has 0 aliphatic rings. The van der Waals surface area contributed by atoms with Crippen LogP contribution in [0.5, 0.6) is 0 Å². The highest BCUT2D eigenvalue weighted by Gasteiger charge is 2.21. The zero-order valence-electron chi connectivity index (χ0n) is 17.3. The first-order valence-electron chi connectivity index (χ1n) is 9.77. The molecule has 2 heterocycles. The molecule has 2 aromatic heterocycles. The molecule has 2 aromatic carbocycles. The van der Waals surface area contributed by atoms with Crippen molar-refractivity contribution in [3.05, 3.63) is 64.4 Å². The van der Waals surface area contributed by atoms with Gasteiger partial charge in [-0.3, -0.25) is 18.6 Å². The van der Waals surface area contributed by atoms with Gasteiger partial charge in [0.1, 0.15) is 0 Å². The fraction of sp³-hybridized carbons (Fsp3) is 0.273. The van der Waals surface area contributed by atoms with Gasteiger partial charge in [0.2, 0.25) is 11.7 Å².